The topological polar surface area (TPSA) is 96.5 Å². The van der Waals surface area contributed by atoms with Crippen molar-refractivity contribution in [1.29, 1.82) is 0 Å². The Kier molecular flexibility index (Phi) is 4.81. The lowest BCUT2D eigenvalue weighted by Gasteiger charge is -2.17. The summed E-state index contributed by atoms with van der Waals surface area (Å²) in [5.41, 5.74) is 0.134. The highest BCUT2D eigenvalue weighted by Crippen LogP contribution is 2.29. The molecule has 1 aromatic rings. The maximum atomic E-state index is 10.7. The van der Waals surface area contributed by atoms with Gasteiger partial charge in [-0.3, -0.25) is 10.1 Å². The number of halogens is 2. The quantitative estimate of drug-likeness (QED) is 0.380. The predicted molar refractivity (Wildman–Crippen MR) is 65.4 cm³/mol. The number of aliphatic hydroxyl groups excluding tert-OH is 2. The maximum absolute atomic E-state index is 10.7. The molecule has 0 amide bonds. The van der Waals surface area contributed by atoms with Crippen molar-refractivity contribution in [3.63, 3.8) is 0 Å². The molecule has 1 aromatic heterocycles. The monoisotopic (exact) mass is 324 g/mol. The van der Waals surface area contributed by atoms with E-state index in [0.29, 0.717) is 5.69 Å². The van der Waals surface area contributed by atoms with Crippen LogP contribution in [0.5, 0.6) is 0 Å². The van der Waals surface area contributed by atoms with Crippen molar-refractivity contribution in [3.05, 3.63) is 32.6 Å². The van der Waals surface area contributed by atoms with E-state index in [0.717, 1.165) is 6.07 Å². The van der Waals surface area contributed by atoms with Gasteiger partial charge in [-0.2, -0.15) is 0 Å². The molecule has 1 rings (SSSR count). The van der Waals surface area contributed by atoms with Gasteiger partial charge in [0.25, 0.3) is 0 Å². The summed E-state index contributed by atoms with van der Waals surface area (Å²) >= 11 is 8.62. The maximum Gasteiger partial charge on any atom is 0.306 e. The summed E-state index contributed by atoms with van der Waals surface area (Å²) in [6, 6.07) is 1.13. The minimum Gasteiger partial charge on any atom is -0.389 e. The first-order valence-corrected chi connectivity index (χ1v) is 6.12. The highest BCUT2D eigenvalue weighted by Gasteiger charge is 2.24. The second-order valence-electron chi connectivity index (χ2n) is 3.40. The second-order valence-corrected chi connectivity index (χ2v) is 4.40. The van der Waals surface area contributed by atoms with E-state index in [1.54, 1.807) is 6.92 Å². The zero-order valence-corrected chi connectivity index (χ0v) is 11.1. The molecule has 0 aromatic carbocycles. The van der Waals surface area contributed by atoms with Crippen LogP contribution < -0.4 is 0 Å². The molecule has 6 nitrogen and oxygen atoms in total. The fourth-order valence-electron chi connectivity index (χ4n) is 1.30. The summed E-state index contributed by atoms with van der Waals surface area (Å²) in [5, 5.41) is 29.8. The lowest BCUT2D eigenvalue weighted by molar-refractivity contribution is -0.385. The number of rotatable bonds is 4. The van der Waals surface area contributed by atoms with E-state index < -0.39 is 22.8 Å². The molecule has 0 saturated carbocycles. The van der Waals surface area contributed by atoms with Gasteiger partial charge in [0, 0.05) is 22.7 Å². The lowest BCUT2D eigenvalue weighted by atomic mass is 10.0. The summed E-state index contributed by atoms with van der Waals surface area (Å²) in [6.45, 7) is 1.55. The molecule has 0 aliphatic carbocycles. The van der Waals surface area contributed by atoms with Crippen molar-refractivity contribution in [2.45, 2.75) is 19.1 Å². The van der Waals surface area contributed by atoms with Gasteiger partial charge >= 0.3 is 5.69 Å². The second kappa shape index (κ2) is 5.72. The number of hydrogen-bond donors (Lipinski definition) is 2. The molecule has 2 unspecified atom stereocenters. The van der Waals surface area contributed by atoms with Crippen LogP contribution in [0.15, 0.2) is 6.07 Å². The Morgan fingerprint density at radius 2 is 2.24 bits per heavy atom. The van der Waals surface area contributed by atoms with Crippen LogP contribution >= 0.6 is 27.5 Å². The average Bonchev–Trinajstić information content (AvgIpc) is 2.26. The Morgan fingerprint density at radius 1 is 1.65 bits per heavy atom. The van der Waals surface area contributed by atoms with Crippen LogP contribution in [0.2, 0.25) is 5.15 Å². The largest absolute Gasteiger partial charge is 0.389 e. The SMILES string of the molecule is Cc1nc(Cl)c([N+](=O)[O-])cc1C(O)C(O)CBr. The molecule has 0 bridgehead atoms. The van der Waals surface area contributed by atoms with Gasteiger partial charge in [-0.1, -0.05) is 27.5 Å². The summed E-state index contributed by atoms with van der Waals surface area (Å²) in [6.07, 6.45) is -2.32. The van der Waals surface area contributed by atoms with Crippen molar-refractivity contribution in [1.82, 2.24) is 4.98 Å². The van der Waals surface area contributed by atoms with Gasteiger partial charge in [-0.15, -0.1) is 0 Å². The molecular weight excluding hydrogens is 315 g/mol. The van der Waals surface area contributed by atoms with E-state index in [4.69, 9.17) is 11.6 Å². The standard InChI is InChI=1S/C9H10BrClN2O4/c1-4-5(8(15)7(14)3-10)2-6(13(16)17)9(11)12-4/h2,7-8,14-15H,3H2,1H3. The van der Waals surface area contributed by atoms with Crippen molar-refractivity contribution < 1.29 is 15.1 Å². The molecule has 8 heteroatoms. The van der Waals surface area contributed by atoms with E-state index in [-0.39, 0.29) is 16.0 Å². The Morgan fingerprint density at radius 3 is 2.71 bits per heavy atom. The first kappa shape index (κ1) is 14.3. The Bertz CT molecular complexity index is 443. The van der Waals surface area contributed by atoms with Crippen molar-refractivity contribution in [2.24, 2.45) is 0 Å². The van der Waals surface area contributed by atoms with Gasteiger partial charge in [-0.25, -0.2) is 4.98 Å². The Hall–Kier alpha value is -0.760. The molecule has 2 atom stereocenters. The van der Waals surface area contributed by atoms with Gasteiger partial charge < -0.3 is 10.2 Å². The highest BCUT2D eigenvalue weighted by atomic mass is 79.9. The van der Waals surface area contributed by atoms with E-state index in [1.807, 2.05) is 0 Å². The molecular formula is C9H10BrClN2O4. The van der Waals surface area contributed by atoms with Crippen LogP contribution in [0.4, 0.5) is 5.69 Å². The molecule has 0 saturated heterocycles. The highest BCUT2D eigenvalue weighted by molar-refractivity contribution is 9.09. The van der Waals surface area contributed by atoms with Gasteiger partial charge in [0.2, 0.25) is 5.15 Å². The number of aryl methyl sites for hydroxylation is 1. The summed E-state index contributed by atoms with van der Waals surface area (Å²) in [4.78, 5) is 13.8. The Labute approximate surface area is 111 Å². The molecule has 2 N–H and O–H groups in total. The third-order valence-corrected chi connectivity index (χ3v) is 3.17. The summed E-state index contributed by atoms with van der Waals surface area (Å²) < 4.78 is 0. The molecule has 0 spiro atoms. The van der Waals surface area contributed by atoms with E-state index in [2.05, 4.69) is 20.9 Å². The minimum atomic E-state index is -1.25. The lowest BCUT2D eigenvalue weighted by Crippen LogP contribution is -2.21. The number of nitrogens with zero attached hydrogens (tertiary/aromatic N) is 2. The normalized spacial score (nSPS) is 14.4. The smallest absolute Gasteiger partial charge is 0.306 e. The average molecular weight is 326 g/mol. The van der Waals surface area contributed by atoms with Gasteiger partial charge in [-0.05, 0) is 6.92 Å². The third kappa shape index (κ3) is 3.12. The molecule has 0 radical (unpaired) electrons. The van der Waals surface area contributed by atoms with Gasteiger partial charge in [0.05, 0.1) is 11.0 Å². The number of hydrogen-bond acceptors (Lipinski definition) is 5. The number of nitro groups is 1. The number of aromatic nitrogens is 1. The first-order valence-electron chi connectivity index (χ1n) is 4.62. The van der Waals surface area contributed by atoms with E-state index >= 15 is 0 Å². The summed E-state index contributed by atoms with van der Waals surface area (Å²) in [7, 11) is 0. The third-order valence-electron chi connectivity index (χ3n) is 2.23. The molecule has 1 heterocycles. The number of pyridine rings is 1. The van der Waals surface area contributed by atoms with Crippen LogP contribution in [0.3, 0.4) is 0 Å². The van der Waals surface area contributed by atoms with Crippen LogP contribution in [0.25, 0.3) is 0 Å². The van der Waals surface area contributed by atoms with E-state index in [9.17, 15) is 20.3 Å². The van der Waals surface area contributed by atoms with Crippen LogP contribution in [-0.2, 0) is 0 Å². The van der Waals surface area contributed by atoms with Crippen LogP contribution in [0, 0.1) is 17.0 Å². The zero-order valence-electron chi connectivity index (χ0n) is 8.80. The van der Waals surface area contributed by atoms with Gasteiger partial charge in [0.15, 0.2) is 0 Å². The first-order chi connectivity index (χ1) is 7.88. The molecule has 0 fully saturated rings. The van der Waals surface area contributed by atoms with Crippen molar-refractivity contribution in [3.8, 4) is 0 Å². The minimum absolute atomic E-state index is 0.143. The summed E-state index contributed by atoms with van der Waals surface area (Å²) in [5.74, 6) is 0. The van der Waals surface area contributed by atoms with Gasteiger partial charge in [0.1, 0.15) is 6.10 Å². The van der Waals surface area contributed by atoms with Crippen LogP contribution in [-0.4, -0.2) is 31.6 Å². The molecule has 94 valence electrons. The number of aliphatic hydroxyl groups is 2. The fraction of sp³-hybridized carbons (Fsp3) is 0.444. The molecule has 17 heavy (non-hydrogen) atoms. The van der Waals surface area contributed by atoms with Crippen molar-refractivity contribution >= 4 is 33.2 Å². The van der Waals surface area contributed by atoms with Crippen LogP contribution in [0.1, 0.15) is 17.4 Å². The Balaban J connectivity index is 3.24. The number of alkyl halides is 1. The molecule has 0 aliphatic heterocycles. The van der Waals surface area contributed by atoms with Crippen molar-refractivity contribution in [2.75, 3.05) is 5.33 Å². The van der Waals surface area contributed by atoms with E-state index in [1.165, 1.54) is 0 Å². The molecule has 0 aliphatic rings. The zero-order chi connectivity index (χ0) is 13.2. The fourth-order valence-corrected chi connectivity index (χ4v) is 1.90. The predicted octanol–water partition coefficient (Wildman–Crippen LogP) is 1.74.